The standard InChI is InChI=1S/C30H22ClN3O3S.C4H10O/c1-16-12-24-29(28(21(16)15-27(36)37)17-6-8-19(31)9-7-17)38-30(33-24)18-10-11-32-23(13-18)20-4-3-5-25-22(20)14-26(35)34(25)2;1-4(2,3)5/h3-13H,14-15H2,1-2H3,(H,36,37);5H,1-3H3. The SMILES string of the molecule is CC(C)(C)O.Cc1cc2nc(-c3ccnc(-c4cccc5c4CC(=O)N5C)c3)sc2c(-c2ccc(Cl)cc2)c1CC(=O)O. The summed E-state index contributed by atoms with van der Waals surface area (Å²) in [7, 11) is 1.79. The van der Waals surface area contributed by atoms with Crippen molar-refractivity contribution in [3.8, 4) is 33.0 Å². The van der Waals surface area contributed by atoms with Crippen molar-refractivity contribution in [1.29, 1.82) is 0 Å². The molecule has 220 valence electrons. The Morgan fingerprint density at radius 3 is 2.44 bits per heavy atom. The Morgan fingerprint density at radius 2 is 1.77 bits per heavy atom. The van der Waals surface area contributed by atoms with Gasteiger partial charge in [0.05, 0.1) is 34.4 Å². The van der Waals surface area contributed by atoms with E-state index >= 15 is 0 Å². The van der Waals surface area contributed by atoms with E-state index in [4.69, 9.17) is 21.7 Å². The van der Waals surface area contributed by atoms with E-state index in [9.17, 15) is 14.7 Å². The fourth-order valence-electron chi connectivity index (χ4n) is 5.09. The van der Waals surface area contributed by atoms with Crippen molar-refractivity contribution >= 4 is 50.7 Å². The minimum atomic E-state index is -0.884. The van der Waals surface area contributed by atoms with Gasteiger partial charge in [0.1, 0.15) is 5.01 Å². The Labute approximate surface area is 259 Å². The maximum atomic E-state index is 12.3. The predicted octanol–water partition coefficient (Wildman–Crippen LogP) is 7.58. The van der Waals surface area contributed by atoms with Gasteiger partial charge in [-0.15, -0.1) is 11.3 Å². The van der Waals surface area contributed by atoms with E-state index in [1.807, 2.05) is 67.6 Å². The molecule has 1 amide bonds. The molecule has 7 nitrogen and oxygen atoms in total. The van der Waals surface area contributed by atoms with Gasteiger partial charge in [-0.1, -0.05) is 35.9 Å². The first-order chi connectivity index (χ1) is 20.3. The summed E-state index contributed by atoms with van der Waals surface area (Å²) in [5, 5.41) is 19.6. The van der Waals surface area contributed by atoms with Crippen LogP contribution in [0.1, 0.15) is 37.5 Å². The molecule has 2 aromatic heterocycles. The number of rotatable bonds is 5. The molecule has 6 rings (SSSR count). The van der Waals surface area contributed by atoms with Gasteiger partial charge >= 0.3 is 5.97 Å². The molecule has 0 radical (unpaired) electrons. The van der Waals surface area contributed by atoms with Crippen LogP contribution >= 0.6 is 22.9 Å². The quantitative estimate of drug-likeness (QED) is 0.212. The number of carbonyl (C=O) groups excluding carboxylic acids is 1. The molecule has 0 unspecified atom stereocenters. The van der Waals surface area contributed by atoms with E-state index in [1.54, 1.807) is 38.9 Å². The molecule has 0 spiro atoms. The van der Waals surface area contributed by atoms with Gasteiger partial charge in [0.15, 0.2) is 0 Å². The zero-order chi connectivity index (χ0) is 31.1. The summed E-state index contributed by atoms with van der Waals surface area (Å²) in [5.41, 5.74) is 8.25. The normalized spacial score (nSPS) is 12.7. The number of anilines is 1. The van der Waals surface area contributed by atoms with Crippen LogP contribution in [-0.4, -0.2) is 44.7 Å². The lowest BCUT2D eigenvalue weighted by atomic mass is 9.93. The number of benzene rings is 3. The molecule has 0 saturated heterocycles. The second kappa shape index (κ2) is 11.9. The maximum absolute atomic E-state index is 12.3. The number of carboxylic acids is 1. The highest BCUT2D eigenvalue weighted by molar-refractivity contribution is 7.22. The van der Waals surface area contributed by atoms with Crippen LogP contribution in [0.2, 0.25) is 5.02 Å². The number of hydrogen-bond acceptors (Lipinski definition) is 6. The smallest absolute Gasteiger partial charge is 0.307 e. The Bertz CT molecular complexity index is 1850. The zero-order valence-corrected chi connectivity index (χ0v) is 26.2. The van der Waals surface area contributed by atoms with Crippen molar-refractivity contribution < 1.29 is 19.8 Å². The van der Waals surface area contributed by atoms with E-state index in [2.05, 4.69) is 4.98 Å². The molecule has 0 fully saturated rings. The average Bonchev–Trinajstić information content (AvgIpc) is 3.49. The highest BCUT2D eigenvalue weighted by atomic mass is 35.5. The predicted molar refractivity (Wildman–Crippen MR) is 174 cm³/mol. The molecule has 3 aromatic carbocycles. The van der Waals surface area contributed by atoms with Crippen LogP contribution in [0, 0.1) is 6.92 Å². The zero-order valence-electron chi connectivity index (χ0n) is 24.6. The number of aromatic nitrogens is 2. The van der Waals surface area contributed by atoms with E-state index in [1.165, 1.54) is 11.3 Å². The number of hydrogen-bond donors (Lipinski definition) is 2. The van der Waals surface area contributed by atoms with E-state index in [0.29, 0.717) is 11.4 Å². The lowest BCUT2D eigenvalue weighted by Gasteiger charge is -2.13. The number of nitrogens with zero attached hydrogens (tertiary/aromatic N) is 3. The topological polar surface area (TPSA) is 104 Å². The molecular weight excluding hydrogens is 582 g/mol. The third-order valence-electron chi connectivity index (χ3n) is 6.97. The van der Waals surface area contributed by atoms with Crippen LogP contribution in [0.15, 0.2) is 66.9 Å². The van der Waals surface area contributed by atoms with Crippen LogP contribution in [-0.2, 0) is 22.4 Å². The second-order valence-corrected chi connectivity index (χ2v) is 13.0. The fraction of sp³-hybridized carbons (Fsp3) is 0.235. The highest BCUT2D eigenvalue weighted by Crippen LogP contribution is 2.42. The molecule has 0 atom stereocenters. The minimum absolute atomic E-state index is 0.0667. The van der Waals surface area contributed by atoms with Crippen LogP contribution in [0.5, 0.6) is 0 Å². The number of carbonyl (C=O) groups is 2. The Kier molecular flexibility index (Phi) is 8.38. The molecule has 9 heteroatoms. The van der Waals surface area contributed by atoms with Crippen molar-refractivity contribution in [1.82, 2.24) is 9.97 Å². The van der Waals surface area contributed by atoms with Crippen LogP contribution in [0.3, 0.4) is 0 Å². The summed E-state index contributed by atoms with van der Waals surface area (Å²) in [6.45, 7) is 7.15. The number of thiazole rings is 1. The summed E-state index contributed by atoms with van der Waals surface area (Å²) < 4.78 is 0.926. The molecule has 0 aliphatic carbocycles. The van der Waals surface area contributed by atoms with E-state index in [0.717, 1.165) is 65.5 Å². The van der Waals surface area contributed by atoms with Gasteiger partial charge < -0.3 is 15.1 Å². The number of carboxylic acid groups (broad SMARTS) is 1. The first-order valence-electron chi connectivity index (χ1n) is 13.8. The third kappa shape index (κ3) is 6.62. The van der Waals surface area contributed by atoms with E-state index in [-0.39, 0.29) is 12.3 Å². The largest absolute Gasteiger partial charge is 0.481 e. The van der Waals surface area contributed by atoms with Gasteiger partial charge in [-0.05, 0) is 86.3 Å². The van der Waals surface area contributed by atoms with Gasteiger partial charge in [0.25, 0.3) is 0 Å². The Balaban J connectivity index is 0.000000682. The van der Waals surface area contributed by atoms with Crippen molar-refractivity contribution in [2.75, 3.05) is 11.9 Å². The second-order valence-electron chi connectivity index (χ2n) is 11.5. The molecule has 1 aliphatic heterocycles. The number of likely N-dealkylation sites (N-methyl/N-ethyl adjacent to an activating group) is 1. The Morgan fingerprint density at radius 1 is 1.07 bits per heavy atom. The van der Waals surface area contributed by atoms with Crippen LogP contribution in [0.4, 0.5) is 5.69 Å². The molecule has 2 N–H and O–H groups in total. The number of fused-ring (bicyclic) bond motifs is 2. The summed E-state index contributed by atoms with van der Waals surface area (Å²) in [6.07, 6.45) is 2.03. The highest BCUT2D eigenvalue weighted by Gasteiger charge is 2.27. The number of aliphatic carboxylic acids is 1. The summed E-state index contributed by atoms with van der Waals surface area (Å²) in [6, 6.07) is 19.2. The summed E-state index contributed by atoms with van der Waals surface area (Å²) >= 11 is 7.67. The first-order valence-corrected chi connectivity index (χ1v) is 15.0. The summed E-state index contributed by atoms with van der Waals surface area (Å²) in [5.74, 6) is -0.817. The minimum Gasteiger partial charge on any atom is -0.481 e. The number of aryl methyl sites for hydroxylation is 1. The molecule has 3 heterocycles. The van der Waals surface area contributed by atoms with E-state index < -0.39 is 11.6 Å². The van der Waals surface area contributed by atoms with Gasteiger partial charge in [0.2, 0.25) is 5.91 Å². The molecular formula is C34H32ClN3O4S. The maximum Gasteiger partial charge on any atom is 0.307 e. The lowest BCUT2D eigenvalue weighted by molar-refractivity contribution is -0.136. The summed E-state index contributed by atoms with van der Waals surface area (Å²) in [4.78, 5) is 35.4. The number of amides is 1. The Hall–Kier alpha value is -4.11. The van der Waals surface area contributed by atoms with Crippen molar-refractivity contribution in [3.05, 3.63) is 88.6 Å². The molecule has 0 bridgehead atoms. The van der Waals surface area contributed by atoms with Crippen molar-refractivity contribution in [3.63, 3.8) is 0 Å². The fourth-order valence-corrected chi connectivity index (χ4v) is 6.35. The number of aliphatic hydroxyl groups is 1. The van der Waals surface area contributed by atoms with Crippen molar-refractivity contribution in [2.24, 2.45) is 0 Å². The van der Waals surface area contributed by atoms with Gasteiger partial charge in [-0.25, -0.2) is 4.98 Å². The van der Waals surface area contributed by atoms with Crippen molar-refractivity contribution in [2.45, 2.75) is 46.1 Å². The molecule has 43 heavy (non-hydrogen) atoms. The molecule has 1 aliphatic rings. The van der Waals surface area contributed by atoms with Gasteiger partial charge in [-0.2, -0.15) is 0 Å². The molecule has 5 aromatic rings. The number of pyridine rings is 1. The number of halogens is 1. The average molecular weight is 614 g/mol. The van der Waals surface area contributed by atoms with Gasteiger partial charge in [-0.3, -0.25) is 14.6 Å². The lowest BCUT2D eigenvalue weighted by Crippen LogP contribution is -2.20. The van der Waals surface area contributed by atoms with Crippen LogP contribution in [0.25, 0.3) is 43.2 Å². The van der Waals surface area contributed by atoms with Crippen LogP contribution < -0.4 is 4.90 Å². The van der Waals surface area contributed by atoms with Gasteiger partial charge in [0, 0.05) is 40.6 Å². The molecule has 0 saturated carbocycles. The monoisotopic (exact) mass is 613 g/mol. The first kappa shape index (κ1) is 30.4. The third-order valence-corrected chi connectivity index (χ3v) is 8.36.